The normalized spacial score (nSPS) is 11.0. The van der Waals surface area contributed by atoms with Crippen LogP contribution in [0.25, 0.3) is 11.1 Å². The summed E-state index contributed by atoms with van der Waals surface area (Å²) in [6.07, 6.45) is 0. The van der Waals surface area contributed by atoms with Crippen molar-refractivity contribution in [3.8, 4) is 22.6 Å². The highest BCUT2D eigenvalue weighted by Crippen LogP contribution is 2.33. The van der Waals surface area contributed by atoms with Crippen LogP contribution in [0.1, 0.15) is 5.56 Å². The van der Waals surface area contributed by atoms with Crippen molar-refractivity contribution in [3.63, 3.8) is 0 Å². The van der Waals surface area contributed by atoms with Gasteiger partial charge in [-0.2, -0.15) is 0 Å². The first-order valence-corrected chi connectivity index (χ1v) is 13.0. The summed E-state index contributed by atoms with van der Waals surface area (Å²) in [5, 5.41) is 2.90. The van der Waals surface area contributed by atoms with Crippen LogP contribution in [0.4, 0.5) is 11.4 Å². The maximum absolute atomic E-state index is 13.8. The van der Waals surface area contributed by atoms with Crippen LogP contribution in [-0.4, -0.2) is 35.1 Å². The van der Waals surface area contributed by atoms with Crippen molar-refractivity contribution in [1.82, 2.24) is 0 Å². The molecule has 7 nitrogen and oxygen atoms in total. The van der Waals surface area contributed by atoms with E-state index in [0.717, 1.165) is 21.0 Å². The van der Waals surface area contributed by atoms with Crippen LogP contribution in [0.3, 0.4) is 0 Å². The summed E-state index contributed by atoms with van der Waals surface area (Å²) in [7, 11) is -1.23. The third-order valence-corrected chi connectivity index (χ3v) is 7.61. The fourth-order valence-corrected chi connectivity index (χ4v) is 5.35. The zero-order chi connectivity index (χ0) is 26.4. The minimum atomic E-state index is -4.14. The summed E-state index contributed by atoms with van der Waals surface area (Å²) in [6, 6.07) is 28.4. The van der Waals surface area contributed by atoms with Crippen LogP contribution in [-0.2, 0) is 14.8 Å². The van der Waals surface area contributed by atoms with Gasteiger partial charge in [-0.1, -0.05) is 66.2 Å². The maximum atomic E-state index is 13.8. The molecule has 0 bridgehead atoms. The van der Waals surface area contributed by atoms with Gasteiger partial charge in [0.15, 0.2) is 11.5 Å². The Hall–Kier alpha value is -4.30. The third kappa shape index (κ3) is 5.76. The molecule has 0 atom stereocenters. The number of ether oxygens (including phenoxy) is 2. The molecule has 0 heterocycles. The number of rotatable bonds is 9. The van der Waals surface area contributed by atoms with Crippen LogP contribution >= 0.6 is 0 Å². The van der Waals surface area contributed by atoms with Crippen molar-refractivity contribution in [3.05, 3.63) is 103 Å². The van der Waals surface area contributed by atoms with Gasteiger partial charge < -0.3 is 14.8 Å². The lowest BCUT2D eigenvalue weighted by molar-refractivity contribution is -0.114. The first-order chi connectivity index (χ1) is 17.8. The standard InChI is InChI=1S/C29H28N2O5S/c1-21-13-15-23(16-14-21)31(37(33,34)24-17-18-27(35-2)28(19-24)36-3)20-29(32)30-26-12-8-7-11-25(26)22-9-5-4-6-10-22/h4-19H,20H2,1-3H3,(H,30,32). The Balaban J connectivity index is 1.69. The van der Waals surface area contributed by atoms with Crippen molar-refractivity contribution in [2.24, 2.45) is 0 Å². The molecule has 4 aromatic rings. The smallest absolute Gasteiger partial charge is 0.264 e. The van der Waals surface area contributed by atoms with Gasteiger partial charge in [0.25, 0.3) is 10.0 Å². The fraction of sp³-hybridized carbons (Fsp3) is 0.138. The second-order valence-corrected chi connectivity index (χ2v) is 10.2. The number of nitrogens with zero attached hydrogens (tertiary/aromatic N) is 1. The monoisotopic (exact) mass is 516 g/mol. The molecule has 0 aliphatic heterocycles. The summed E-state index contributed by atoms with van der Waals surface area (Å²) in [5.74, 6) is 0.195. The van der Waals surface area contributed by atoms with E-state index >= 15 is 0 Å². The van der Waals surface area contributed by atoms with E-state index in [1.54, 1.807) is 30.3 Å². The highest BCUT2D eigenvalue weighted by molar-refractivity contribution is 7.92. The number of amides is 1. The Labute approximate surface area is 217 Å². The van der Waals surface area contributed by atoms with E-state index in [1.165, 1.54) is 32.4 Å². The average molecular weight is 517 g/mol. The minimum Gasteiger partial charge on any atom is -0.493 e. The lowest BCUT2D eigenvalue weighted by Crippen LogP contribution is -2.38. The Kier molecular flexibility index (Phi) is 7.79. The average Bonchev–Trinajstić information content (AvgIpc) is 2.92. The van der Waals surface area contributed by atoms with Crippen molar-refractivity contribution < 1.29 is 22.7 Å². The molecule has 4 aromatic carbocycles. The topological polar surface area (TPSA) is 84.9 Å². The Bertz CT molecular complexity index is 1490. The number of sulfonamides is 1. The highest BCUT2D eigenvalue weighted by Gasteiger charge is 2.28. The molecule has 0 radical (unpaired) electrons. The molecule has 190 valence electrons. The summed E-state index contributed by atoms with van der Waals surface area (Å²) >= 11 is 0. The first-order valence-electron chi connectivity index (χ1n) is 11.6. The maximum Gasteiger partial charge on any atom is 0.264 e. The number of hydrogen-bond acceptors (Lipinski definition) is 5. The number of benzene rings is 4. The largest absolute Gasteiger partial charge is 0.493 e. The molecule has 0 saturated carbocycles. The molecule has 1 amide bonds. The molecule has 4 rings (SSSR count). The quantitative estimate of drug-likeness (QED) is 0.317. The van der Waals surface area contributed by atoms with E-state index in [4.69, 9.17) is 9.47 Å². The van der Waals surface area contributed by atoms with Gasteiger partial charge in [0, 0.05) is 17.3 Å². The first kappa shape index (κ1) is 25.8. The van der Waals surface area contributed by atoms with E-state index in [1.807, 2.05) is 55.5 Å². The number of carbonyl (C=O) groups is 1. The van der Waals surface area contributed by atoms with Gasteiger partial charge in [-0.25, -0.2) is 8.42 Å². The molecule has 37 heavy (non-hydrogen) atoms. The van der Waals surface area contributed by atoms with Gasteiger partial charge in [-0.3, -0.25) is 9.10 Å². The lowest BCUT2D eigenvalue weighted by atomic mass is 10.0. The minimum absolute atomic E-state index is 0.0248. The number of methoxy groups -OCH3 is 2. The summed E-state index contributed by atoms with van der Waals surface area (Å²) in [5.41, 5.74) is 3.69. The van der Waals surface area contributed by atoms with Crippen molar-refractivity contribution >= 4 is 27.3 Å². The van der Waals surface area contributed by atoms with E-state index in [-0.39, 0.29) is 10.6 Å². The van der Waals surface area contributed by atoms with Gasteiger partial charge in [0.1, 0.15) is 6.54 Å². The second kappa shape index (κ2) is 11.2. The molecule has 0 unspecified atom stereocenters. The van der Waals surface area contributed by atoms with Crippen LogP contribution < -0.4 is 19.1 Å². The molecule has 8 heteroatoms. The van der Waals surface area contributed by atoms with E-state index < -0.39 is 22.5 Å². The molecule has 0 fully saturated rings. The number of anilines is 2. The van der Waals surface area contributed by atoms with Gasteiger partial charge in [0.2, 0.25) is 5.91 Å². The van der Waals surface area contributed by atoms with Gasteiger partial charge >= 0.3 is 0 Å². The molecular formula is C29H28N2O5S. The molecule has 0 spiro atoms. The molecule has 0 aliphatic carbocycles. The van der Waals surface area contributed by atoms with Gasteiger partial charge in [-0.05, 0) is 42.8 Å². The summed E-state index contributed by atoms with van der Waals surface area (Å²) in [6.45, 7) is 1.48. The van der Waals surface area contributed by atoms with Crippen LogP contribution in [0.15, 0.2) is 102 Å². The number of hydrogen-bond donors (Lipinski definition) is 1. The van der Waals surface area contributed by atoms with Crippen LogP contribution in [0.5, 0.6) is 11.5 Å². The number of aryl methyl sites for hydroxylation is 1. The predicted molar refractivity (Wildman–Crippen MR) is 146 cm³/mol. The Morgan fingerprint density at radius 3 is 2.14 bits per heavy atom. The molecular weight excluding hydrogens is 488 g/mol. The Morgan fingerprint density at radius 1 is 0.811 bits per heavy atom. The summed E-state index contributed by atoms with van der Waals surface area (Å²) < 4.78 is 39.3. The predicted octanol–water partition coefficient (Wildman–Crippen LogP) is 5.51. The zero-order valence-corrected chi connectivity index (χ0v) is 21.7. The van der Waals surface area contributed by atoms with Gasteiger partial charge in [0.05, 0.1) is 24.8 Å². The van der Waals surface area contributed by atoms with E-state index in [9.17, 15) is 13.2 Å². The number of para-hydroxylation sites is 1. The fourth-order valence-electron chi connectivity index (χ4n) is 3.91. The highest BCUT2D eigenvalue weighted by atomic mass is 32.2. The molecule has 0 aromatic heterocycles. The number of carbonyl (C=O) groups excluding carboxylic acids is 1. The van der Waals surface area contributed by atoms with Crippen molar-refractivity contribution in [2.45, 2.75) is 11.8 Å². The lowest BCUT2D eigenvalue weighted by Gasteiger charge is -2.25. The molecule has 0 saturated heterocycles. The Morgan fingerprint density at radius 2 is 1.46 bits per heavy atom. The van der Waals surface area contributed by atoms with Gasteiger partial charge in [-0.15, -0.1) is 0 Å². The second-order valence-electron chi connectivity index (χ2n) is 8.32. The van der Waals surface area contributed by atoms with Crippen molar-refractivity contribution in [2.75, 3.05) is 30.4 Å². The van der Waals surface area contributed by atoms with Crippen LogP contribution in [0, 0.1) is 6.92 Å². The number of nitrogens with one attached hydrogen (secondary N) is 1. The zero-order valence-electron chi connectivity index (χ0n) is 20.8. The SMILES string of the molecule is COc1ccc(S(=O)(=O)N(CC(=O)Nc2ccccc2-c2ccccc2)c2ccc(C)cc2)cc1OC. The molecule has 1 N–H and O–H groups in total. The third-order valence-electron chi connectivity index (χ3n) is 5.84. The molecule has 0 aliphatic rings. The van der Waals surface area contributed by atoms with E-state index in [2.05, 4.69) is 5.32 Å². The van der Waals surface area contributed by atoms with E-state index in [0.29, 0.717) is 17.1 Å². The summed E-state index contributed by atoms with van der Waals surface area (Å²) in [4.78, 5) is 13.3. The van der Waals surface area contributed by atoms with Crippen molar-refractivity contribution in [1.29, 1.82) is 0 Å². The van der Waals surface area contributed by atoms with Crippen LogP contribution in [0.2, 0.25) is 0 Å².